The number of rotatable bonds is 5. The third kappa shape index (κ3) is 4.60. The lowest BCUT2D eigenvalue weighted by molar-refractivity contribution is -0.388. The van der Waals surface area contributed by atoms with E-state index in [9.17, 15) is 28.1 Å². The van der Waals surface area contributed by atoms with Crippen LogP contribution in [0.3, 0.4) is 0 Å². The van der Waals surface area contributed by atoms with Crippen molar-refractivity contribution in [2.75, 3.05) is 5.32 Å². The van der Waals surface area contributed by atoms with Gasteiger partial charge in [0, 0.05) is 11.8 Å². The van der Waals surface area contributed by atoms with E-state index in [0.717, 1.165) is 12.1 Å². The summed E-state index contributed by atoms with van der Waals surface area (Å²) in [5, 5.41) is 13.4. The van der Waals surface area contributed by atoms with Gasteiger partial charge in [-0.05, 0) is 23.3 Å². The minimum absolute atomic E-state index is 0.176. The van der Waals surface area contributed by atoms with Crippen LogP contribution < -0.4 is 5.32 Å². The highest BCUT2D eigenvalue weighted by molar-refractivity contribution is 5.98. The van der Waals surface area contributed by atoms with E-state index in [-0.39, 0.29) is 5.69 Å². The molecule has 0 saturated carbocycles. The second-order valence-corrected chi connectivity index (χ2v) is 6.23. The van der Waals surface area contributed by atoms with Gasteiger partial charge < -0.3 is 5.32 Å². The molecule has 0 aliphatic carbocycles. The highest BCUT2D eigenvalue weighted by Crippen LogP contribution is 2.38. The Kier molecular flexibility index (Phi) is 5.63. The van der Waals surface area contributed by atoms with Crippen LogP contribution in [0.5, 0.6) is 0 Å². The van der Waals surface area contributed by atoms with Crippen molar-refractivity contribution in [1.82, 2.24) is 0 Å². The van der Waals surface area contributed by atoms with E-state index in [4.69, 9.17) is 0 Å². The molecule has 3 aromatic carbocycles. The highest BCUT2D eigenvalue weighted by atomic mass is 19.4. The number of alkyl halides is 3. The molecular weight excluding hydrogens is 385 g/mol. The van der Waals surface area contributed by atoms with E-state index in [1.54, 1.807) is 60.7 Å². The smallest absolute Gasteiger partial charge is 0.325 e. The van der Waals surface area contributed by atoms with Gasteiger partial charge in [0.1, 0.15) is 5.56 Å². The standard InChI is InChI=1S/C21H15F3N2O3/c22-21(23,24)17-13-16(11-12-18(17)26(28)29)25-20(27)19(14-7-3-1-4-8-14)15-9-5-2-6-10-15/h1-13,19H,(H,25,27). The van der Waals surface area contributed by atoms with Crippen LogP contribution in [0.25, 0.3) is 0 Å². The quantitative estimate of drug-likeness (QED) is 0.461. The molecular formula is C21H15F3N2O3. The second-order valence-electron chi connectivity index (χ2n) is 6.23. The second kappa shape index (κ2) is 8.14. The number of nitrogens with zero attached hydrogens (tertiary/aromatic N) is 1. The summed E-state index contributed by atoms with van der Waals surface area (Å²) in [6, 6.07) is 20.0. The van der Waals surface area contributed by atoms with E-state index in [0.29, 0.717) is 17.2 Å². The van der Waals surface area contributed by atoms with Gasteiger partial charge in [-0.25, -0.2) is 0 Å². The summed E-state index contributed by atoms with van der Waals surface area (Å²) in [7, 11) is 0. The average Bonchev–Trinajstić information content (AvgIpc) is 2.69. The maximum absolute atomic E-state index is 13.2. The Bertz CT molecular complexity index is 983. The predicted molar refractivity (Wildman–Crippen MR) is 101 cm³/mol. The predicted octanol–water partition coefficient (Wildman–Crippen LogP) is 5.38. The van der Waals surface area contributed by atoms with Crippen molar-refractivity contribution in [1.29, 1.82) is 0 Å². The van der Waals surface area contributed by atoms with E-state index < -0.39 is 34.2 Å². The van der Waals surface area contributed by atoms with Crippen molar-refractivity contribution in [3.05, 3.63) is 106 Å². The zero-order chi connectivity index (χ0) is 21.0. The van der Waals surface area contributed by atoms with Gasteiger partial charge in [-0.15, -0.1) is 0 Å². The zero-order valence-electron chi connectivity index (χ0n) is 14.9. The van der Waals surface area contributed by atoms with E-state index in [2.05, 4.69) is 5.32 Å². The van der Waals surface area contributed by atoms with Crippen molar-refractivity contribution in [2.24, 2.45) is 0 Å². The summed E-state index contributed by atoms with van der Waals surface area (Å²) in [6.45, 7) is 0. The Morgan fingerprint density at radius 3 is 1.86 bits per heavy atom. The summed E-state index contributed by atoms with van der Waals surface area (Å²) in [4.78, 5) is 22.8. The van der Waals surface area contributed by atoms with Gasteiger partial charge in [0.15, 0.2) is 0 Å². The summed E-state index contributed by atoms with van der Waals surface area (Å²) in [5.41, 5.74) is -1.34. The number of anilines is 1. The molecule has 0 fully saturated rings. The Morgan fingerprint density at radius 2 is 1.41 bits per heavy atom. The Hall–Kier alpha value is -3.68. The van der Waals surface area contributed by atoms with Crippen LogP contribution in [0.4, 0.5) is 24.5 Å². The molecule has 0 radical (unpaired) electrons. The lowest BCUT2D eigenvalue weighted by Crippen LogP contribution is -2.22. The number of nitro groups is 1. The molecule has 1 amide bonds. The van der Waals surface area contributed by atoms with Gasteiger partial charge in [-0.2, -0.15) is 13.2 Å². The molecule has 148 valence electrons. The minimum Gasteiger partial charge on any atom is -0.325 e. The molecule has 0 unspecified atom stereocenters. The number of benzene rings is 3. The fraction of sp³-hybridized carbons (Fsp3) is 0.0952. The molecule has 0 bridgehead atoms. The molecule has 0 aliphatic heterocycles. The van der Waals surface area contributed by atoms with Crippen molar-refractivity contribution >= 4 is 17.3 Å². The number of halogens is 3. The molecule has 5 nitrogen and oxygen atoms in total. The van der Waals surface area contributed by atoms with Crippen molar-refractivity contribution in [2.45, 2.75) is 12.1 Å². The van der Waals surface area contributed by atoms with Crippen LogP contribution in [-0.2, 0) is 11.0 Å². The summed E-state index contributed by atoms with van der Waals surface area (Å²) >= 11 is 0. The third-order valence-electron chi connectivity index (χ3n) is 4.29. The van der Waals surface area contributed by atoms with Gasteiger partial charge in [0.05, 0.1) is 10.8 Å². The van der Waals surface area contributed by atoms with Gasteiger partial charge >= 0.3 is 6.18 Å². The van der Waals surface area contributed by atoms with E-state index >= 15 is 0 Å². The fourth-order valence-electron chi connectivity index (χ4n) is 3.00. The average molecular weight is 400 g/mol. The highest BCUT2D eigenvalue weighted by Gasteiger charge is 2.38. The third-order valence-corrected chi connectivity index (χ3v) is 4.29. The van der Waals surface area contributed by atoms with Gasteiger partial charge in [0.25, 0.3) is 5.69 Å². The van der Waals surface area contributed by atoms with Crippen LogP contribution in [0.1, 0.15) is 22.6 Å². The Labute approximate surface area is 164 Å². The number of carbonyl (C=O) groups excluding carboxylic acids is 1. The fourth-order valence-corrected chi connectivity index (χ4v) is 3.00. The molecule has 3 rings (SSSR count). The molecule has 0 aromatic heterocycles. The SMILES string of the molecule is O=C(Nc1ccc([N+](=O)[O-])c(C(F)(F)F)c1)C(c1ccccc1)c1ccccc1. The summed E-state index contributed by atoms with van der Waals surface area (Å²) < 4.78 is 39.6. The number of nitro benzene ring substituents is 1. The zero-order valence-corrected chi connectivity index (χ0v) is 14.9. The molecule has 29 heavy (non-hydrogen) atoms. The van der Waals surface area contributed by atoms with E-state index in [1.165, 1.54) is 0 Å². The lowest BCUT2D eigenvalue weighted by atomic mass is 9.90. The number of nitrogens with one attached hydrogen (secondary N) is 1. The summed E-state index contributed by atoms with van der Waals surface area (Å²) in [5.74, 6) is -1.31. The molecule has 3 aromatic rings. The lowest BCUT2D eigenvalue weighted by Gasteiger charge is -2.18. The molecule has 0 aliphatic rings. The molecule has 8 heteroatoms. The normalized spacial score (nSPS) is 11.3. The first kappa shape index (κ1) is 20.1. The topological polar surface area (TPSA) is 72.2 Å². The van der Waals surface area contributed by atoms with Crippen LogP contribution in [0.15, 0.2) is 78.9 Å². The van der Waals surface area contributed by atoms with E-state index in [1.807, 2.05) is 0 Å². The molecule has 0 spiro atoms. The Morgan fingerprint density at radius 1 is 0.897 bits per heavy atom. The van der Waals surface area contributed by atoms with Crippen LogP contribution in [-0.4, -0.2) is 10.8 Å². The monoisotopic (exact) mass is 400 g/mol. The van der Waals surface area contributed by atoms with Crippen LogP contribution in [0.2, 0.25) is 0 Å². The number of hydrogen-bond donors (Lipinski definition) is 1. The number of carbonyl (C=O) groups is 1. The number of hydrogen-bond acceptors (Lipinski definition) is 3. The van der Waals surface area contributed by atoms with Crippen molar-refractivity contribution < 1.29 is 22.9 Å². The first-order valence-electron chi connectivity index (χ1n) is 8.54. The van der Waals surface area contributed by atoms with Gasteiger partial charge in [-0.3, -0.25) is 14.9 Å². The van der Waals surface area contributed by atoms with Crippen LogP contribution in [0, 0.1) is 10.1 Å². The molecule has 1 N–H and O–H groups in total. The van der Waals surface area contributed by atoms with Gasteiger partial charge in [-0.1, -0.05) is 60.7 Å². The first-order valence-corrected chi connectivity index (χ1v) is 8.54. The first-order chi connectivity index (χ1) is 13.8. The van der Waals surface area contributed by atoms with Crippen LogP contribution >= 0.6 is 0 Å². The van der Waals surface area contributed by atoms with Crippen molar-refractivity contribution in [3.8, 4) is 0 Å². The van der Waals surface area contributed by atoms with Gasteiger partial charge in [0.2, 0.25) is 5.91 Å². The minimum atomic E-state index is -4.93. The molecule has 0 atom stereocenters. The van der Waals surface area contributed by atoms with Crippen molar-refractivity contribution in [3.63, 3.8) is 0 Å². The maximum atomic E-state index is 13.2. The molecule has 0 heterocycles. The summed E-state index contributed by atoms with van der Waals surface area (Å²) in [6.07, 6.45) is -4.93. The molecule has 0 saturated heterocycles. The maximum Gasteiger partial charge on any atom is 0.423 e. The number of amides is 1. The largest absolute Gasteiger partial charge is 0.423 e. The Balaban J connectivity index is 1.98.